The molecule has 0 aromatic heterocycles. The fraction of sp³-hybridized carbons (Fsp3) is 0.833. The molecule has 0 atom stereocenters. The van der Waals surface area contributed by atoms with Crippen LogP contribution in [0.4, 0.5) is 4.79 Å². The van der Waals surface area contributed by atoms with Gasteiger partial charge in [0, 0.05) is 0 Å². The highest BCUT2D eigenvalue weighted by molar-refractivity contribution is 5.53. The Morgan fingerprint density at radius 2 is 2.00 bits per heavy atom. The molecule has 0 radical (unpaired) electrons. The molecule has 0 aliphatic rings. The number of carbonyl (C=O) groups excluding carboxylic acids is 1. The van der Waals surface area contributed by atoms with E-state index in [1.54, 1.807) is 0 Å². The molecule has 4 heteroatoms. The lowest BCUT2D eigenvalue weighted by Crippen LogP contribution is -2.39. The molecule has 0 saturated heterocycles. The molecule has 0 aliphatic heterocycles. The van der Waals surface area contributed by atoms with Gasteiger partial charge < -0.3 is 19.1 Å². The number of hydrogen-bond donors (Lipinski definition) is 0. The maximum atomic E-state index is 9.74. The minimum absolute atomic E-state index is 0.200. The summed E-state index contributed by atoms with van der Waals surface area (Å²) in [6.07, 6.45) is -1.45. The molecule has 10 heavy (non-hydrogen) atoms. The van der Waals surface area contributed by atoms with Crippen molar-refractivity contribution >= 4 is 6.16 Å². The first kappa shape index (κ1) is 9.23. The van der Waals surface area contributed by atoms with Crippen molar-refractivity contribution in [2.24, 2.45) is 0 Å². The highest BCUT2D eigenvalue weighted by atomic mass is 16.7. The topological polar surface area (TPSA) is 49.4 Å². The third kappa shape index (κ3) is 7.23. The Labute approximate surface area is 60.6 Å². The number of quaternary nitrogens is 1. The van der Waals surface area contributed by atoms with Crippen LogP contribution in [0.3, 0.4) is 0 Å². The zero-order chi connectivity index (χ0) is 8.20. The highest BCUT2D eigenvalue weighted by Crippen LogP contribution is 1.88. The monoisotopic (exact) mass is 147 g/mol. The van der Waals surface area contributed by atoms with E-state index in [4.69, 9.17) is 0 Å². The van der Waals surface area contributed by atoms with E-state index in [0.717, 1.165) is 0 Å². The first-order chi connectivity index (χ1) is 4.42. The first-order valence-corrected chi connectivity index (χ1v) is 3.06. The molecule has 4 nitrogen and oxygen atoms in total. The summed E-state index contributed by atoms with van der Waals surface area (Å²) in [5, 5.41) is 9.74. The minimum Gasteiger partial charge on any atom is -0.544 e. The third-order valence-electron chi connectivity index (χ3n) is 0.982. The highest BCUT2D eigenvalue weighted by Gasteiger charge is 2.03. The Morgan fingerprint density at radius 1 is 1.50 bits per heavy atom. The number of ether oxygens (including phenoxy) is 1. The average Bonchev–Trinajstić information content (AvgIpc) is 1.59. The first-order valence-electron chi connectivity index (χ1n) is 3.06. The summed E-state index contributed by atoms with van der Waals surface area (Å²) in [4.78, 5) is 9.74. The summed E-state index contributed by atoms with van der Waals surface area (Å²) in [7, 11) is 5.87. The van der Waals surface area contributed by atoms with Crippen molar-refractivity contribution in [1.29, 1.82) is 0 Å². The van der Waals surface area contributed by atoms with Crippen LogP contribution in [0.15, 0.2) is 0 Å². The fourth-order valence-electron chi connectivity index (χ4n) is 0.403. The average molecular weight is 147 g/mol. The summed E-state index contributed by atoms with van der Waals surface area (Å²) in [6.45, 7) is 0.861. The van der Waals surface area contributed by atoms with Crippen LogP contribution in [0.25, 0.3) is 0 Å². The lowest BCUT2D eigenvalue weighted by Gasteiger charge is -2.24. The number of hydrogen-bond acceptors (Lipinski definition) is 3. The van der Waals surface area contributed by atoms with Crippen molar-refractivity contribution in [2.75, 3.05) is 34.3 Å². The molecule has 0 unspecified atom stereocenters. The van der Waals surface area contributed by atoms with Gasteiger partial charge in [0.05, 0.1) is 34.3 Å². The molecular weight excluding hydrogens is 134 g/mol. The van der Waals surface area contributed by atoms with E-state index in [1.807, 2.05) is 21.1 Å². The van der Waals surface area contributed by atoms with Crippen LogP contribution in [0.2, 0.25) is 0 Å². The van der Waals surface area contributed by atoms with Gasteiger partial charge in [-0.05, 0) is 0 Å². The lowest BCUT2D eigenvalue weighted by atomic mass is 10.5. The molecule has 0 saturated carbocycles. The van der Waals surface area contributed by atoms with Gasteiger partial charge in [-0.25, -0.2) is 0 Å². The Kier molecular flexibility index (Phi) is 3.15. The van der Waals surface area contributed by atoms with E-state index in [2.05, 4.69) is 4.74 Å². The van der Waals surface area contributed by atoms with Gasteiger partial charge in [0.25, 0.3) is 6.16 Å². The van der Waals surface area contributed by atoms with Crippen LogP contribution in [-0.2, 0) is 4.74 Å². The second-order valence-corrected chi connectivity index (χ2v) is 3.11. The molecular formula is C6H13NO3. The normalized spacial score (nSPS) is 11.1. The van der Waals surface area contributed by atoms with Gasteiger partial charge in [-0.2, -0.15) is 0 Å². The molecule has 0 aromatic rings. The van der Waals surface area contributed by atoms with E-state index in [1.165, 1.54) is 0 Å². The standard InChI is InChI=1S/C6H13NO3/c1-7(2,3)4-5-10-6(8)9/h4-5H2,1-3H3. The summed E-state index contributed by atoms with van der Waals surface area (Å²) in [6, 6.07) is 0. The Balaban J connectivity index is 3.29. The van der Waals surface area contributed by atoms with Crippen molar-refractivity contribution in [1.82, 2.24) is 0 Å². The Hall–Kier alpha value is -0.770. The summed E-state index contributed by atoms with van der Waals surface area (Å²) in [5.74, 6) is 0. The second kappa shape index (κ2) is 3.41. The van der Waals surface area contributed by atoms with E-state index in [-0.39, 0.29) is 6.61 Å². The number of carboxylic acid groups (broad SMARTS) is 1. The van der Waals surface area contributed by atoms with Crippen molar-refractivity contribution in [2.45, 2.75) is 0 Å². The maximum Gasteiger partial charge on any atom is 0.252 e. The molecule has 0 aliphatic carbocycles. The summed E-state index contributed by atoms with van der Waals surface area (Å²) < 4.78 is 4.90. The van der Waals surface area contributed by atoms with Crippen molar-refractivity contribution < 1.29 is 19.1 Å². The molecule has 60 valence electrons. The van der Waals surface area contributed by atoms with Gasteiger partial charge >= 0.3 is 0 Å². The molecule has 0 spiro atoms. The van der Waals surface area contributed by atoms with E-state index >= 15 is 0 Å². The molecule has 0 heterocycles. The van der Waals surface area contributed by atoms with Gasteiger partial charge in [0.2, 0.25) is 0 Å². The van der Waals surface area contributed by atoms with Crippen LogP contribution in [-0.4, -0.2) is 44.9 Å². The smallest absolute Gasteiger partial charge is 0.252 e. The predicted molar refractivity (Wildman–Crippen MR) is 34.2 cm³/mol. The van der Waals surface area contributed by atoms with Gasteiger partial charge in [-0.1, -0.05) is 0 Å². The second-order valence-electron chi connectivity index (χ2n) is 3.11. The number of rotatable bonds is 3. The molecule has 0 amide bonds. The van der Waals surface area contributed by atoms with Gasteiger partial charge in [-0.3, -0.25) is 0 Å². The van der Waals surface area contributed by atoms with Crippen molar-refractivity contribution in [3.63, 3.8) is 0 Å². The number of likely N-dealkylation sites (N-methyl/N-ethyl adjacent to an activating group) is 1. The van der Waals surface area contributed by atoms with E-state index in [9.17, 15) is 9.90 Å². The van der Waals surface area contributed by atoms with Crippen molar-refractivity contribution in [3.05, 3.63) is 0 Å². The maximum absolute atomic E-state index is 9.74. The third-order valence-corrected chi connectivity index (χ3v) is 0.982. The van der Waals surface area contributed by atoms with Crippen LogP contribution in [0, 0.1) is 0 Å². The molecule has 0 bridgehead atoms. The van der Waals surface area contributed by atoms with Gasteiger partial charge in [0.15, 0.2) is 0 Å². The van der Waals surface area contributed by atoms with Crippen LogP contribution in [0.5, 0.6) is 0 Å². The zero-order valence-corrected chi connectivity index (χ0v) is 6.59. The summed E-state index contributed by atoms with van der Waals surface area (Å²) in [5.41, 5.74) is 0. The minimum atomic E-state index is -1.45. The van der Waals surface area contributed by atoms with E-state index < -0.39 is 6.16 Å². The predicted octanol–water partition coefficient (Wildman–Crippen LogP) is -0.947. The van der Waals surface area contributed by atoms with E-state index in [0.29, 0.717) is 11.0 Å². The largest absolute Gasteiger partial charge is 0.544 e. The Bertz CT molecular complexity index is 117. The molecule has 0 fully saturated rings. The van der Waals surface area contributed by atoms with Crippen LogP contribution < -0.4 is 5.11 Å². The molecule has 0 N–H and O–H groups in total. The number of carbonyl (C=O) groups is 1. The van der Waals surface area contributed by atoms with Crippen LogP contribution >= 0.6 is 0 Å². The molecule has 0 rings (SSSR count). The summed E-state index contributed by atoms with van der Waals surface area (Å²) >= 11 is 0. The van der Waals surface area contributed by atoms with Crippen LogP contribution in [0.1, 0.15) is 0 Å². The molecule has 0 aromatic carbocycles. The SMILES string of the molecule is C[N+](C)(C)CCOC(=O)[O-]. The lowest BCUT2D eigenvalue weighted by molar-refractivity contribution is -0.870. The zero-order valence-electron chi connectivity index (χ0n) is 6.59. The Morgan fingerprint density at radius 3 is 2.30 bits per heavy atom. The van der Waals surface area contributed by atoms with Crippen molar-refractivity contribution in [3.8, 4) is 0 Å². The fourth-order valence-corrected chi connectivity index (χ4v) is 0.403. The quantitative estimate of drug-likeness (QED) is 0.382. The number of nitrogens with zero attached hydrogens (tertiary/aromatic N) is 1. The van der Waals surface area contributed by atoms with Gasteiger partial charge in [0.1, 0.15) is 0 Å². The van der Waals surface area contributed by atoms with Gasteiger partial charge in [-0.15, -0.1) is 0 Å².